The predicted molar refractivity (Wildman–Crippen MR) is 191 cm³/mol. The van der Waals surface area contributed by atoms with Crippen LogP contribution >= 0.6 is 34.7 Å². The Kier molecular flexibility index (Phi) is 10.5. The van der Waals surface area contributed by atoms with Crippen LogP contribution in [0.25, 0.3) is 0 Å². The standard InChI is InChI=1S/C34H31ClFN7O4S3/c1-21-9-13-38-27(17-21)42-33-40-19-28(49-33)48-25-10-14-39-30(29(25)36)31(44)41-20-34(23-5-3-2-4-6-23)11-15-43(16-12-34)32(45)22-7-8-24(35)26(18-22)50(37,46)47/h2-10,13-14,17-19H,11-12,15-16,20H2,1H3,(H,41,44)(H2,37,46,47)(H,38,40,42). The second-order valence-electron chi connectivity index (χ2n) is 11.7. The normalized spacial score (nSPS) is 14.3. The molecule has 11 nitrogen and oxygen atoms in total. The molecule has 4 heterocycles. The topological polar surface area (TPSA) is 160 Å². The van der Waals surface area contributed by atoms with E-state index in [1.165, 1.54) is 41.8 Å². The first-order valence-electron chi connectivity index (χ1n) is 15.4. The second-order valence-corrected chi connectivity index (χ2v) is 16.0. The van der Waals surface area contributed by atoms with Gasteiger partial charge in [-0.1, -0.05) is 65.0 Å². The van der Waals surface area contributed by atoms with Crippen molar-refractivity contribution in [3.63, 3.8) is 0 Å². The summed E-state index contributed by atoms with van der Waals surface area (Å²) in [5.74, 6) is -1.12. The number of likely N-dealkylation sites (tertiary alicyclic amines) is 1. The number of nitrogens with zero attached hydrogens (tertiary/aromatic N) is 4. The largest absolute Gasteiger partial charge is 0.350 e. The Balaban J connectivity index is 1.14. The molecule has 2 amide bonds. The van der Waals surface area contributed by atoms with Crippen LogP contribution in [0.15, 0.2) is 99.3 Å². The number of carbonyl (C=O) groups excluding carboxylic acids is 2. The van der Waals surface area contributed by atoms with E-state index in [2.05, 4.69) is 25.6 Å². The molecule has 2 aromatic carbocycles. The molecule has 0 saturated carbocycles. The van der Waals surface area contributed by atoms with Crippen molar-refractivity contribution in [1.82, 2.24) is 25.2 Å². The number of nitrogens with one attached hydrogen (secondary N) is 2. The maximum Gasteiger partial charge on any atom is 0.273 e. The van der Waals surface area contributed by atoms with Gasteiger partial charge in [-0.25, -0.2) is 32.9 Å². The number of aryl methyl sites for hydroxylation is 1. The van der Waals surface area contributed by atoms with Gasteiger partial charge in [-0.3, -0.25) is 9.59 Å². The number of benzene rings is 2. The number of sulfonamides is 1. The van der Waals surface area contributed by atoms with Crippen molar-refractivity contribution in [1.29, 1.82) is 0 Å². The molecule has 1 aliphatic rings. The van der Waals surface area contributed by atoms with Crippen LogP contribution in [0.5, 0.6) is 0 Å². The molecule has 0 bridgehead atoms. The van der Waals surface area contributed by atoms with Crippen LogP contribution in [-0.2, 0) is 15.4 Å². The van der Waals surface area contributed by atoms with E-state index in [1.807, 2.05) is 49.4 Å². The number of amides is 2. The predicted octanol–water partition coefficient (Wildman–Crippen LogP) is 6.18. The average Bonchev–Trinajstić information content (AvgIpc) is 3.54. The first-order valence-corrected chi connectivity index (χ1v) is 18.9. The molecular formula is C34H31ClFN7O4S3. The number of hydrogen-bond acceptors (Lipinski definition) is 10. The van der Waals surface area contributed by atoms with Crippen LogP contribution in [0.4, 0.5) is 15.3 Å². The Morgan fingerprint density at radius 3 is 2.50 bits per heavy atom. The smallest absolute Gasteiger partial charge is 0.273 e. The van der Waals surface area contributed by atoms with Gasteiger partial charge in [0.25, 0.3) is 11.8 Å². The summed E-state index contributed by atoms with van der Waals surface area (Å²) in [6, 6.07) is 18.9. The van der Waals surface area contributed by atoms with Crippen molar-refractivity contribution >= 4 is 67.5 Å². The summed E-state index contributed by atoms with van der Waals surface area (Å²) in [4.78, 5) is 41.1. The van der Waals surface area contributed by atoms with Crippen molar-refractivity contribution in [3.05, 3.63) is 119 Å². The number of nitrogens with two attached hydrogens (primary N) is 1. The van der Waals surface area contributed by atoms with Crippen molar-refractivity contribution in [2.75, 3.05) is 25.0 Å². The Bertz CT molecular complexity index is 2160. The molecule has 1 fully saturated rings. The van der Waals surface area contributed by atoms with Gasteiger partial charge in [0.1, 0.15) is 10.7 Å². The zero-order valence-corrected chi connectivity index (χ0v) is 29.8. The summed E-state index contributed by atoms with van der Waals surface area (Å²) in [6.45, 7) is 2.77. The fourth-order valence-electron chi connectivity index (χ4n) is 5.72. The number of rotatable bonds is 10. The third-order valence-electron chi connectivity index (χ3n) is 8.38. The lowest BCUT2D eigenvalue weighted by molar-refractivity contribution is 0.0656. The van der Waals surface area contributed by atoms with Crippen molar-refractivity contribution in [2.24, 2.45) is 5.14 Å². The van der Waals surface area contributed by atoms with Crippen LogP contribution in [0.2, 0.25) is 5.02 Å². The molecular weight excluding hydrogens is 721 g/mol. The molecule has 0 aliphatic carbocycles. The van der Waals surface area contributed by atoms with Gasteiger partial charge in [-0.15, -0.1) is 0 Å². The average molecular weight is 752 g/mol. The van der Waals surface area contributed by atoms with Crippen LogP contribution in [-0.4, -0.2) is 59.7 Å². The van der Waals surface area contributed by atoms with Gasteiger partial charge in [0.15, 0.2) is 16.6 Å². The van der Waals surface area contributed by atoms with Crippen LogP contribution < -0.4 is 15.8 Å². The molecule has 0 radical (unpaired) electrons. The van der Waals surface area contributed by atoms with Gasteiger partial charge in [0.05, 0.1) is 20.3 Å². The summed E-state index contributed by atoms with van der Waals surface area (Å²) < 4.78 is 40.4. The number of halogens is 2. The fourth-order valence-corrected chi connectivity index (χ4v) is 8.66. The summed E-state index contributed by atoms with van der Waals surface area (Å²) in [6.07, 6.45) is 5.67. The van der Waals surface area contributed by atoms with Crippen LogP contribution in [0.3, 0.4) is 0 Å². The molecule has 3 aromatic heterocycles. The lowest BCUT2D eigenvalue weighted by atomic mass is 9.72. The van der Waals surface area contributed by atoms with Crippen molar-refractivity contribution < 1.29 is 22.4 Å². The number of aromatic nitrogens is 3. The zero-order chi connectivity index (χ0) is 35.5. The number of pyridine rings is 2. The molecule has 258 valence electrons. The molecule has 16 heteroatoms. The lowest BCUT2D eigenvalue weighted by Crippen LogP contribution is -2.50. The number of anilines is 2. The van der Waals surface area contributed by atoms with E-state index in [0.717, 1.165) is 22.9 Å². The minimum absolute atomic E-state index is 0.0711. The molecule has 1 saturated heterocycles. The maximum atomic E-state index is 15.7. The first kappa shape index (κ1) is 35.4. The van der Waals surface area contributed by atoms with E-state index < -0.39 is 27.2 Å². The third-order valence-corrected chi connectivity index (χ3v) is 11.8. The van der Waals surface area contributed by atoms with E-state index in [-0.39, 0.29) is 38.5 Å². The Morgan fingerprint density at radius 2 is 1.78 bits per heavy atom. The highest BCUT2D eigenvalue weighted by Crippen LogP contribution is 2.38. The minimum atomic E-state index is -4.13. The SMILES string of the molecule is Cc1ccnc(Nc2ncc(Sc3ccnc(C(=O)NCC4(c5ccccc5)CCN(C(=O)c5ccc(Cl)c(S(N)(=O)=O)c5)CC4)c3F)s2)c1. The molecule has 6 rings (SSSR count). The van der Waals surface area contributed by atoms with Gasteiger partial charge in [-0.05, 0) is 67.3 Å². The highest BCUT2D eigenvalue weighted by atomic mass is 35.5. The Labute approximate surface area is 301 Å². The van der Waals surface area contributed by atoms with Gasteiger partial charge in [0, 0.05) is 43.0 Å². The van der Waals surface area contributed by atoms with Crippen molar-refractivity contribution in [2.45, 2.75) is 39.2 Å². The number of piperidine rings is 1. The fraction of sp³-hybridized carbons (Fsp3) is 0.206. The molecule has 5 aromatic rings. The Hall–Kier alpha value is -4.41. The highest BCUT2D eigenvalue weighted by Gasteiger charge is 2.38. The molecule has 4 N–H and O–H groups in total. The molecule has 1 aliphatic heterocycles. The van der Waals surface area contributed by atoms with E-state index in [4.69, 9.17) is 16.7 Å². The van der Waals surface area contributed by atoms with Gasteiger partial charge < -0.3 is 15.5 Å². The lowest BCUT2D eigenvalue weighted by Gasteiger charge is -2.42. The summed E-state index contributed by atoms with van der Waals surface area (Å²) in [5.41, 5.74) is 1.26. The Morgan fingerprint density at radius 1 is 1.04 bits per heavy atom. The molecule has 0 atom stereocenters. The van der Waals surface area contributed by atoms with Crippen LogP contribution in [0.1, 0.15) is 44.8 Å². The van der Waals surface area contributed by atoms with E-state index in [1.54, 1.807) is 17.3 Å². The number of thiazole rings is 1. The number of hydrogen-bond donors (Lipinski definition) is 3. The maximum absolute atomic E-state index is 15.7. The van der Waals surface area contributed by atoms with E-state index in [9.17, 15) is 18.0 Å². The molecule has 0 unspecified atom stereocenters. The number of carbonyl (C=O) groups is 2. The van der Waals surface area contributed by atoms with E-state index >= 15 is 4.39 Å². The zero-order valence-electron chi connectivity index (χ0n) is 26.6. The highest BCUT2D eigenvalue weighted by molar-refractivity contribution is 8.01. The third kappa shape index (κ3) is 7.97. The molecule has 50 heavy (non-hydrogen) atoms. The summed E-state index contributed by atoms with van der Waals surface area (Å²) >= 11 is 8.48. The monoisotopic (exact) mass is 751 g/mol. The van der Waals surface area contributed by atoms with Crippen molar-refractivity contribution in [3.8, 4) is 0 Å². The van der Waals surface area contributed by atoms with Crippen LogP contribution in [0, 0.1) is 12.7 Å². The van der Waals surface area contributed by atoms with Gasteiger partial charge >= 0.3 is 0 Å². The second kappa shape index (κ2) is 14.8. The van der Waals surface area contributed by atoms with E-state index in [0.29, 0.717) is 41.1 Å². The van der Waals surface area contributed by atoms with Gasteiger partial charge in [0.2, 0.25) is 10.0 Å². The summed E-state index contributed by atoms with van der Waals surface area (Å²) in [7, 11) is -4.13. The van der Waals surface area contributed by atoms with Gasteiger partial charge in [-0.2, -0.15) is 0 Å². The minimum Gasteiger partial charge on any atom is -0.350 e. The quantitative estimate of drug-likeness (QED) is 0.151. The summed E-state index contributed by atoms with van der Waals surface area (Å²) in [5, 5.41) is 11.9. The number of primary sulfonamides is 1. The first-order chi connectivity index (χ1) is 23.9. The molecule has 0 spiro atoms.